The molecule has 0 radical (unpaired) electrons. The summed E-state index contributed by atoms with van der Waals surface area (Å²) in [5, 5.41) is 19.7. The molecule has 0 fully saturated rings. The summed E-state index contributed by atoms with van der Waals surface area (Å²) in [6, 6.07) is 19.9. The number of hydrogen-bond donors (Lipinski definition) is 0. The molecule has 0 aromatic heterocycles. The summed E-state index contributed by atoms with van der Waals surface area (Å²) in [6.07, 6.45) is 0. The third-order valence-corrected chi connectivity index (χ3v) is 5.44. The van der Waals surface area contributed by atoms with Gasteiger partial charge in [-0.3, -0.25) is 0 Å². The first-order valence-electron chi connectivity index (χ1n) is 9.23. The van der Waals surface area contributed by atoms with Gasteiger partial charge in [0, 0.05) is 10.8 Å². The molecule has 0 atom stereocenters. The van der Waals surface area contributed by atoms with Crippen LogP contribution in [0.5, 0.6) is 0 Å². The predicted molar refractivity (Wildman–Crippen MR) is 115 cm³/mol. The average molecular weight is 371 g/mol. The van der Waals surface area contributed by atoms with Crippen molar-refractivity contribution in [3.63, 3.8) is 0 Å². The van der Waals surface area contributed by atoms with E-state index in [4.69, 9.17) is 0 Å². The van der Waals surface area contributed by atoms with E-state index < -0.39 is 10.8 Å². The molecule has 2 aromatic rings. The van der Waals surface area contributed by atoms with Crippen LogP contribution in [0, 0.1) is 47.3 Å². The Morgan fingerprint density at radius 1 is 0.714 bits per heavy atom. The second-order valence-corrected chi connectivity index (χ2v) is 8.07. The van der Waals surface area contributed by atoms with Crippen molar-refractivity contribution in [2.24, 2.45) is 20.8 Å². The summed E-state index contributed by atoms with van der Waals surface area (Å²) < 4.78 is 0. The fourth-order valence-corrected chi connectivity index (χ4v) is 2.85. The molecule has 0 heterocycles. The second-order valence-electron chi connectivity index (χ2n) is 8.07. The second kappa shape index (κ2) is 8.19. The molecule has 0 saturated carbocycles. The van der Waals surface area contributed by atoms with Crippen molar-refractivity contribution in [1.82, 2.24) is 0 Å². The van der Waals surface area contributed by atoms with E-state index in [2.05, 4.69) is 22.1 Å². The molecule has 0 saturated heterocycles. The minimum atomic E-state index is -0.704. The summed E-state index contributed by atoms with van der Waals surface area (Å²) in [5.74, 6) is 0. The SMILES string of the molecule is Cc1cccc(N=C(C#N)C(C)(C)C(C)(C)C(C#N)=Nc2cccc(C)c2)c1. The lowest BCUT2D eigenvalue weighted by atomic mass is 9.63. The Bertz CT molecular complexity index is 928. The van der Waals surface area contributed by atoms with E-state index in [1.54, 1.807) is 0 Å². The molecule has 0 aliphatic heterocycles. The van der Waals surface area contributed by atoms with Gasteiger partial charge in [-0.05, 0) is 49.2 Å². The van der Waals surface area contributed by atoms with Gasteiger partial charge in [0.2, 0.25) is 0 Å². The van der Waals surface area contributed by atoms with Gasteiger partial charge < -0.3 is 0 Å². The van der Waals surface area contributed by atoms with Crippen molar-refractivity contribution in [2.75, 3.05) is 0 Å². The molecule has 0 bridgehead atoms. The standard InChI is InChI=1S/C24H26N4/c1-17-9-7-11-19(13-17)27-21(15-25)23(3,4)24(5,6)22(16-26)28-20-12-8-10-18(2)14-20/h7-14H,1-6H3. The minimum Gasteiger partial charge on any atom is -0.242 e. The lowest BCUT2D eigenvalue weighted by Gasteiger charge is -2.39. The van der Waals surface area contributed by atoms with Gasteiger partial charge in [0.25, 0.3) is 0 Å². The van der Waals surface area contributed by atoms with Gasteiger partial charge >= 0.3 is 0 Å². The molecule has 2 rings (SSSR count). The molecular weight excluding hydrogens is 344 g/mol. The number of aliphatic imine (C=N–C) groups is 2. The molecule has 2 aromatic carbocycles. The number of nitriles is 2. The molecule has 142 valence electrons. The van der Waals surface area contributed by atoms with Crippen LogP contribution in [0.1, 0.15) is 38.8 Å². The number of aryl methyl sites for hydroxylation is 2. The van der Waals surface area contributed by atoms with Crippen LogP contribution >= 0.6 is 0 Å². The summed E-state index contributed by atoms with van der Waals surface area (Å²) in [7, 11) is 0. The van der Waals surface area contributed by atoms with Crippen LogP contribution in [0.3, 0.4) is 0 Å². The van der Waals surface area contributed by atoms with Gasteiger partial charge in [-0.1, -0.05) is 52.0 Å². The molecular formula is C24H26N4. The van der Waals surface area contributed by atoms with Crippen LogP contribution in [-0.2, 0) is 0 Å². The van der Waals surface area contributed by atoms with Crippen LogP contribution in [0.4, 0.5) is 11.4 Å². The highest BCUT2D eigenvalue weighted by Gasteiger charge is 2.45. The van der Waals surface area contributed by atoms with Crippen LogP contribution in [0.2, 0.25) is 0 Å². The maximum atomic E-state index is 9.83. The van der Waals surface area contributed by atoms with Crippen molar-refractivity contribution < 1.29 is 0 Å². The number of nitrogens with zero attached hydrogens (tertiary/aromatic N) is 4. The molecule has 0 spiro atoms. The fourth-order valence-electron chi connectivity index (χ4n) is 2.85. The molecule has 0 aliphatic rings. The lowest BCUT2D eigenvalue weighted by Crippen LogP contribution is -2.44. The zero-order valence-electron chi connectivity index (χ0n) is 17.4. The van der Waals surface area contributed by atoms with Crippen molar-refractivity contribution in [2.45, 2.75) is 41.5 Å². The smallest absolute Gasteiger partial charge is 0.124 e. The van der Waals surface area contributed by atoms with Gasteiger partial charge in [0.1, 0.15) is 23.6 Å². The quantitative estimate of drug-likeness (QED) is 0.584. The first-order valence-corrected chi connectivity index (χ1v) is 9.23. The van der Waals surface area contributed by atoms with E-state index in [9.17, 15) is 10.5 Å². The molecule has 0 aliphatic carbocycles. The van der Waals surface area contributed by atoms with Crippen LogP contribution < -0.4 is 0 Å². The Balaban J connectivity index is 2.53. The van der Waals surface area contributed by atoms with Gasteiger partial charge in [0.15, 0.2) is 0 Å². The zero-order chi connectivity index (χ0) is 20.9. The largest absolute Gasteiger partial charge is 0.242 e. The third kappa shape index (κ3) is 4.35. The van der Waals surface area contributed by atoms with E-state index in [0.717, 1.165) is 22.5 Å². The molecule has 0 amide bonds. The van der Waals surface area contributed by atoms with Gasteiger partial charge in [0.05, 0.1) is 11.4 Å². The molecule has 28 heavy (non-hydrogen) atoms. The van der Waals surface area contributed by atoms with Crippen LogP contribution in [0.15, 0.2) is 58.5 Å². The van der Waals surface area contributed by atoms with Crippen LogP contribution in [0.25, 0.3) is 0 Å². The number of hydrogen-bond acceptors (Lipinski definition) is 4. The van der Waals surface area contributed by atoms with Crippen molar-refractivity contribution in [1.29, 1.82) is 10.5 Å². The van der Waals surface area contributed by atoms with Crippen molar-refractivity contribution in [3.8, 4) is 12.1 Å². The maximum absolute atomic E-state index is 9.83. The molecule has 4 nitrogen and oxygen atoms in total. The summed E-state index contributed by atoms with van der Waals surface area (Å²) in [4.78, 5) is 9.21. The minimum absolute atomic E-state index is 0.371. The lowest BCUT2D eigenvalue weighted by molar-refractivity contribution is 0.290. The Labute approximate surface area is 167 Å². The third-order valence-electron chi connectivity index (χ3n) is 5.44. The fraction of sp³-hybridized carbons (Fsp3) is 0.333. The van der Waals surface area contributed by atoms with E-state index >= 15 is 0 Å². The maximum Gasteiger partial charge on any atom is 0.124 e. The first kappa shape index (κ1) is 21.1. The topological polar surface area (TPSA) is 72.3 Å². The van der Waals surface area contributed by atoms with E-state index in [0.29, 0.717) is 11.4 Å². The Morgan fingerprint density at radius 3 is 1.36 bits per heavy atom. The first-order chi connectivity index (χ1) is 13.1. The van der Waals surface area contributed by atoms with E-state index in [1.807, 2.05) is 90.1 Å². The number of benzene rings is 2. The van der Waals surface area contributed by atoms with Gasteiger partial charge in [-0.25, -0.2) is 9.98 Å². The van der Waals surface area contributed by atoms with Gasteiger partial charge in [-0.15, -0.1) is 0 Å². The Hall–Kier alpha value is -3.24. The van der Waals surface area contributed by atoms with Crippen LogP contribution in [-0.4, -0.2) is 11.4 Å². The summed E-state index contributed by atoms with van der Waals surface area (Å²) in [5.41, 5.74) is 2.95. The normalized spacial score (nSPS) is 13.0. The number of rotatable bonds is 5. The van der Waals surface area contributed by atoms with Gasteiger partial charge in [-0.2, -0.15) is 10.5 Å². The molecule has 0 N–H and O–H groups in total. The summed E-state index contributed by atoms with van der Waals surface area (Å²) in [6.45, 7) is 11.7. The summed E-state index contributed by atoms with van der Waals surface area (Å²) >= 11 is 0. The van der Waals surface area contributed by atoms with E-state index in [-0.39, 0.29) is 0 Å². The van der Waals surface area contributed by atoms with Crippen molar-refractivity contribution in [3.05, 3.63) is 59.7 Å². The highest BCUT2D eigenvalue weighted by atomic mass is 14.8. The molecule has 0 unspecified atom stereocenters. The predicted octanol–water partition coefficient (Wildman–Crippen LogP) is 6.25. The highest BCUT2D eigenvalue weighted by molar-refractivity contribution is 6.12. The van der Waals surface area contributed by atoms with E-state index in [1.165, 1.54) is 0 Å². The molecule has 4 heteroatoms. The highest BCUT2D eigenvalue weighted by Crippen LogP contribution is 2.42. The Kier molecular flexibility index (Phi) is 6.16. The Morgan fingerprint density at radius 2 is 1.07 bits per heavy atom. The monoisotopic (exact) mass is 370 g/mol. The zero-order valence-corrected chi connectivity index (χ0v) is 17.4. The van der Waals surface area contributed by atoms with Crippen molar-refractivity contribution >= 4 is 22.8 Å². The average Bonchev–Trinajstić information content (AvgIpc) is 2.63.